The van der Waals surface area contributed by atoms with Crippen molar-refractivity contribution in [2.75, 3.05) is 9.80 Å². The zero-order valence-corrected chi connectivity index (χ0v) is 26.2. The van der Waals surface area contributed by atoms with Crippen molar-refractivity contribution in [1.29, 1.82) is 0 Å². The highest BCUT2D eigenvalue weighted by Gasteiger charge is 2.50. The molecule has 1 aliphatic carbocycles. The molecule has 212 valence electrons. The molecule has 2 unspecified atom stereocenters. The van der Waals surface area contributed by atoms with Crippen LogP contribution in [-0.4, -0.2) is 12.7 Å². The van der Waals surface area contributed by atoms with Crippen LogP contribution in [0.15, 0.2) is 72.8 Å². The molecule has 0 radical (unpaired) electrons. The zero-order chi connectivity index (χ0) is 31.0. The molecule has 3 aliphatic heterocycles. The molecule has 3 heterocycles. The van der Waals surface area contributed by atoms with Gasteiger partial charge in [0, 0.05) is 41.7 Å². The number of nitrogens with zero attached hydrogens (tertiary/aromatic N) is 2. The Balaban J connectivity index is 1.46. The summed E-state index contributed by atoms with van der Waals surface area (Å²) >= 11 is 0. The lowest BCUT2D eigenvalue weighted by atomic mass is 9.33. The van der Waals surface area contributed by atoms with E-state index < -0.39 is 11.9 Å². The molecule has 8 rings (SSSR count). The van der Waals surface area contributed by atoms with Gasteiger partial charge in [-0.15, -0.1) is 0 Å². The van der Waals surface area contributed by atoms with Crippen LogP contribution in [0.2, 0.25) is 0 Å². The van der Waals surface area contributed by atoms with Gasteiger partial charge in [-0.25, -0.2) is 0 Å². The topological polar surface area (TPSA) is 6.48 Å². The first kappa shape index (κ1) is 24.0. The summed E-state index contributed by atoms with van der Waals surface area (Å²) in [5.41, 5.74) is 14.6. The predicted octanol–water partition coefficient (Wildman–Crippen LogP) is 8.38. The summed E-state index contributed by atoms with van der Waals surface area (Å²) in [6.07, 6.45) is 3.44. The fourth-order valence-electron chi connectivity index (χ4n) is 7.99. The molecule has 4 aromatic carbocycles. The van der Waals surface area contributed by atoms with E-state index in [1.165, 1.54) is 44.5 Å². The minimum absolute atomic E-state index is 0.00928. The van der Waals surface area contributed by atoms with Crippen molar-refractivity contribution in [3.63, 3.8) is 0 Å². The molecule has 0 saturated heterocycles. The van der Waals surface area contributed by atoms with Crippen LogP contribution >= 0.6 is 0 Å². The fourth-order valence-corrected chi connectivity index (χ4v) is 7.99. The number of hydrogen-bond acceptors (Lipinski definition) is 2. The lowest BCUT2D eigenvalue weighted by molar-refractivity contribution is 0.402. The number of fused-ring (bicyclic) bond motifs is 7. The van der Waals surface area contributed by atoms with Crippen molar-refractivity contribution in [3.05, 3.63) is 95.1 Å². The van der Waals surface area contributed by atoms with E-state index in [0.717, 1.165) is 41.9 Å². The van der Waals surface area contributed by atoms with E-state index in [-0.39, 0.29) is 17.5 Å². The normalized spacial score (nSPS) is 24.4. The Morgan fingerprint density at radius 3 is 2.17 bits per heavy atom. The van der Waals surface area contributed by atoms with Gasteiger partial charge in [0.25, 0.3) is 6.71 Å². The van der Waals surface area contributed by atoms with Crippen LogP contribution in [0, 0.1) is 6.92 Å². The third-order valence-electron chi connectivity index (χ3n) is 10.1. The zero-order valence-electron chi connectivity index (χ0n) is 28.2. The monoisotopic (exact) mass is 552 g/mol. The summed E-state index contributed by atoms with van der Waals surface area (Å²) < 4.78 is 20.0. The van der Waals surface area contributed by atoms with Crippen LogP contribution < -0.4 is 26.2 Å². The fraction of sp³-hybridized carbons (Fsp3) is 0.385. The van der Waals surface area contributed by atoms with Crippen LogP contribution in [0.3, 0.4) is 0 Å². The Labute approximate surface area is 255 Å². The first-order valence-electron chi connectivity index (χ1n) is 16.9. The van der Waals surface area contributed by atoms with E-state index in [2.05, 4.69) is 131 Å². The van der Waals surface area contributed by atoms with Gasteiger partial charge in [-0.3, -0.25) is 0 Å². The van der Waals surface area contributed by atoms with Gasteiger partial charge in [0.1, 0.15) is 0 Å². The molecule has 4 aliphatic rings. The summed E-state index contributed by atoms with van der Waals surface area (Å²) in [4.78, 5) is 4.78. The molecule has 0 N–H and O–H groups in total. The molecular formula is C39H43BN2. The molecule has 1 fully saturated rings. The van der Waals surface area contributed by atoms with Gasteiger partial charge in [0.15, 0.2) is 0 Å². The van der Waals surface area contributed by atoms with Crippen LogP contribution in [0.4, 0.5) is 28.4 Å². The van der Waals surface area contributed by atoms with Crippen molar-refractivity contribution < 1.29 is 2.74 Å². The molecule has 0 bridgehead atoms. The highest BCUT2D eigenvalue weighted by molar-refractivity contribution is 7.00. The van der Waals surface area contributed by atoms with E-state index in [1.807, 2.05) is 0 Å². The van der Waals surface area contributed by atoms with E-state index in [9.17, 15) is 2.74 Å². The second kappa shape index (κ2) is 8.79. The molecule has 4 aromatic rings. The molecular weight excluding hydrogens is 507 g/mol. The van der Waals surface area contributed by atoms with E-state index in [4.69, 9.17) is 0 Å². The standard InChI is InChI=1S/C39H43BN2/c1-24-21-34-36-35(22-24)42-32-14-9-8-11-28(32)29-12-10-13-30(37(29)42)40(36)31-23-26(39(5,6)7)17-20-33(31)41(34)27-18-15-25(16-19-27)38(2,3)4/h10,12-13,15-23,28,32H,8-9,11,14H2,1-7H3/i28D,32D. The average molecular weight is 553 g/mol. The molecule has 3 heteroatoms. The van der Waals surface area contributed by atoms with Crippen LogP contribution in [0.5, 0.6) is 0 Å². The Hall–Kier alpha value is -3.46. The maximum Gasteiger partial charge on any atom is 0.252 e. The molecule has 0 amide bonds. The summed E-state index contributed by atoms with van der Waals surface area (Å²) in [6, 6.07) is 26.5. The SMILES string of the molecule is [2H]C12CCCCC1([2H])N1c3cc(C)cc4c3B(c3cc(C(C)(C)C)ccc3N4c3ccc(C(C)(C)C)cc3)c3cccc2c31. The lowest BCUT2D eigenvalue weighted by Crippen LogP contribution is -2.62. The smallest absolute Gasteiger partial charge is 0.252 e. The molecule has 42 heavy (non-hydrogen) atoms. The third-order valence-corrected chi connectivity index (χ3v) is 10.1. The summed E-state index contributed by atoms with van der Waals surface area (Å²) in [7, 11) is 0. The molecule has 2 atom stereocenters. The third kappa shape index (κ3) is 3.65. The Kier molecular flexibility index (Phi) is 5.03. The maximum atomic E-state index is 10.1. The average Bonchev–Trinajstić information content (AvgIpc) is 3.18. The number of aryl methyl sites for hydroxylation is 1. The van der Waals surface area contributed by atoms with E-state index in [0.29, 0.717) is 6.42 Å². The first-order valence-corrected chi connectivity index (χ1v) is 15.9. The van der Waals surface area contributed by atoms with Gasteiger partial charge >= 0.3 is 0 Å². The van der Waals surface area contributed by atoms with E-state index >= 15 is 0 Å². The van der Waals surface area contributed by atoms with Crippen LogP contribution in [0.1, 0.15) is 98.1 Å². The number of benzene rings is 4. The quantitative estimate of drug-likeness (QED) is 0.193. The number of hydrogen-bond donors (Lipinski definition) is 0. The number of anilines is 5. The minimum atomic E-state index is -1.02. The molecule has 0 aromatic heterocycles. The van der Waals surface area contributed by atoms with Gasteiger partial charge in [-0.1, -0.05) is 96.8 Å². The Morgan fingerprint density at radius 2 is 1.43 bits per heavy atom. The maximum absolute atomic E-state index is 10.1. The highest BCUT2D eigenvalue weighted by atomic mass is 15.2. The van der Waals surface area contributed by atoms with Gasteiger partial charge < -0.3 is 9.80 Å². The minimum Gasteiger partial charge on any atom is -0.338 e. The predicted molar refractivity (Wildman–Crippen MR) is 181 cm³/mol. The van der Waals surface area contributed by atoms with Gasteiger partial charge in [-0.05, 0) is 99.6 Å². The van der Waals surface area contributed by atoms with Crippen molar-refractivity contribution in [3.8, 4) is 0 Å². The first-order chi connectivity index (χ1) is 20.7. The second-order valence-corrected chi connectivity index (χ2v) is 15.0. The van der Waals surface area contributed by atoms with Crippen molar-refractivity contribution in [2.45, 2.75) is 96.9 Å². The summed E-state index contributed by atoms with van der Waals surface area (Å²) in [5.74, 6) is -0.945. The summed E-state index contributed by atoms with van der Waals surface area (Å²) in [6.45, 7) is 15.9. The van der Waals surface area contributed by atoms with E-state index in [1.54, 1.807) is 0 Å². The lowest BCUT2D eigenvalue weighted by Gasteiger charge is -2.45. The van der Waals surface area contributed by atoms with Crippen LogP contribution in [-0.2, 0) is 10.8 Å². The van der Waals surface area contributed by atoms with Crippen molar-refractivity contribution in [1.82, 2.24) is 0 Å². The Bertz CT molecular complexity index is 1850. The summed E-state index contributed by atoms with van der Waals surface area (Å²) in [5, 5.41) is 0. The largest absolute Gasteiger partial charge is 0.338 e. The van der Waals surface area contributed by atoms with Gasteiger partial charge in [0.2, 0.25) is 0 Å². The Morgan fingerprint density at radius 1 is 0.738 bits per heavy atom. The van der Waals surface area contributed by atoms with Crippen molar-refractivity contribution >= 4 is 51.5 Å². The number of rotatable bonds is 1. The molecule has 2 nitrogen and oxygen atoms in total. The molecule has 0 spiro atoms. The van der Waals surface area contributed by atoms with Crippen LogP contribution in [0.25, 0.3) is 0 Å². The molecule has 1 saturated carbocycles. The second-order valence-electron chi connectivity index (χ2n) is 15.0. The van der Waals surface area contributed by atoms with Gasteiger partial charge in [-0.2, -0.15) is 0 Å². The number of para-hydroxylation sites is 1. The highest BCUT2D eigenvalue weighted by Crippen LogP contribution is 2.53. The van der Waals surface area contributed by atoms with Crippen molar-refractivity contribution in [2.24, 2.45) is 0 Å². The van der Waals surface area contributed by atoms with Gasteiger partial charge in [0.05, 0.1) is 1.37 Å².